The summed E-state index contributed by atoms with van der Waals surface area (Å²) in [5, 5.41) is 0.352. The van der Waals surface area contributed by atoms with Crippen LogP contribution in [0.15, 0.2) is 67.0 Å². The van der Waals surface area contributed by atoms with Gasteiger partial charge < -0.3 is 9.80 Å². The summed E-state index contributed by atoms with van der Waals surface area (Å²) in [5.41, 5.74) is 2.85. The summed E-state index contributed by atoms with van der Waals surface area (Å²) in [6.07, 6.45) is 3.21. The van der Waals surface area contributed by atoms with Gasteiger partial charge >= 0.3 is 0 Å². The molecule has 0 unspecified atom stereocenters. The van der Waals surface area contributed by atoms with Gasteiger partial charge in [-0.25, -0.2) is 4.98 Å². The van der Waals surface area contributed by atoms with Crippen molar-refractivity contribution in [2.75, 3.05) is 26.2 Å². The molecule has 0 spiro atoms. The fraction of sp³-hybridized carbons (Fsp3) is 0.182. The molecule has 0 N–H and O–H groups in total. The molecule has 7 heteroatoms. The predicted molar refractivity (Wildman–Crippen MR) is 111 cm³/mol. The van der Waals surface area contributed by atoms with Gasteiger partial charge in [0.05, 0.1) is 11.3 Å². The Hall–Kier alpha value is -3.25. The van der Waals surface area contributed by atoms with Crippen LogP contribution in [0.5, 0.6) is 0 Å². The van der Waals surface area contributed by atoms with Gasteiger partial charge in [-0.2, -0.15) is 0 Å². The first kappa shape index (κ1) is 19.1. The Balaban J connectivity index is 1.42. The minimum atomic E-state index is -0.0987. The standard InChI is InChI=1S/C22H19ClN4O2/c23-20-8-7-18(15-25-20)22(29)27-12-10-26(11-13-27)21(28)17-5-3-4-16(14-17)19-6-1-2-9-24-19/h1-9,14-15H,10-13H2. The fourth-order valence-corrected chi connectivity index (χ4v) is 3.44. The lowest BCUT2D eigenvalue weighted by Gasteiger charge is -2.34. The van der Waals surface area contributed by atoms with Crippen LogP contribution in [0.25, 0.3) is 11.3 Å². The van der Waals surface area contributed by atoms with Gasteiger partial charge in [-0.15, -0.1) is 0 Å². The highest BCUT2D eigenvalue weighted by atomic mass is 35.5. The Morgan fingerprint density at radius 1 is 0.793 bits per heavy atom. The summed E-state index contributed by atoms with van der Waals surface area (Å²) in [6, 6.07) is 16.4. The number of nitrogens with zero attached hydrogens (tertiary/aromatic N) is 4. The van der Waals surface area contributed by atoms with Gasteiger partial charge in [0.25, 0.3) is 11.8 Å². The number of aromatic nitrogens is 2. The summed E-state index contributed by atoms with van der Waals surface area (Å²) in [7, 11) is 0. The molecule has 3 heterocycles. The number of halogens is 1. The van der Waals surface area contributed by atoms with Crippen molar-refractivity contribution in [1.29, 1.82) is 0 Å². The number of carbonyl (C=O) groups excluding carboxylic acids is 2. The summed E-state index contributed by atoms with van der Waals surface area (Å²) in [4.78, 5) is 37.4. The highest BCUT2D eigenvalue weighted by molar-refractivity contribution is 6.29. The van der Waals surface area contributed by atoms with E-state index in [0.717, 1.165) is 11.3 Å². The van der Waals surface area contributed by atoms with E-state index in [4.69, 9.17) is 11.6 Å². The van der Waals surface area contributed by atoms with E-state index in [1.54, 1.807) is 28.1 Å². The smallest absolute Gasteiger partial charge is 0.255 e. The molecule has 2 amide bonds. The Morgan fingerprint density at radius 3 is 2.14 bits per heavy atom. The van der Waals surface area contributed by atoms with Crippen molar-refractivity contribution in [3.8, 4) is 11.3 Å². The van der Waals surface area contributed by atoms with Gasteiger partial charge in [0.2, 0.25) is 0 Å². The molecule has 0 atom stereocenters. The molecule has 0 aliphatic carbocycles. The molecule has 0 radical (unpaired) electrons. The van der Waals surface area contributed by atoms with Crippen molar-refractivity contribution in [2.45, 2.75) is 0 Å². The first-order valence-corrected chi connectivity index (χ1v) is 9.71. The first-order valence-electron chi connectivity index (χ1n) is 9.33. The number of amides is 2. The summed E-state index contributed by atoms with van der Waals surface area (Å²) in [5.74, 6) is -0.138. The molecule has 1 fully saturated rings. The van der Waals surface area contributed by atoms with Crippen LogP contribution in [-0.4, -0.2) is 57.8 Å². The minimum absolute atomic E-state index is 0.0389. The topological polar surface area (TPSA) is 66.4 Å². The number of rotatable bonds is 3. The highest BCUT2D eigenvalue weighted by Gasteiger charge is 2.25. The molecule has 6 nitrogen and oxygen atoms in total. The number of pyridine rings is 2. The molecule has 1 aliphatic heterocycles. The molecule has 1 aromatic carbocycles. The van der Waals surface area contributed by atoms with E-state index in [2.05, 4.69) is 9.97 Å². The van der Waals surface area contributed by atoms with Crippen molar-refractivity contribution in [1.82, 2.24) is 19.8 Å². The van der Waals surface area contributed by atoms with Crippen molar-refractivity contribution >= 4 is 23.4 Å². The van der Waals surface area contributed by atoms with Gasteiger partial charge in [-0.05, 0) is 36.4 Å². The molecule has 29 heavy (non-hydrogen) atoms. The predicted octanol–water partition coefficient (Wildman–Crippen LogP) is 3.40. The van der Waals surface area contributed by atoms with Gasteiger partial charge in [0, 0.05) is 49.7 Å². The number of carbonyl (C=O) groups is 2. The van der Waals surface area contributed by atoms with Gasteiger partial charge in [-0.1, -0.05) is 29.8 Å². The van der Waals surface area contributed by atoms with E-state index in [9.17, 15) is 9.59 Å². The van der Waals surface area contributed by atoms with E-state index < -0.39 is 0 Å². The summed E-state index contributed by atoms with van der Waals surface area (Å²) >= 11 is 5.78. The fourth-order valence-electron chi connectivity index (χ4n) is 3.33. The van der Waals surface area contributed by atoms with Crippen LogP contribution in [0.1, 0.15) is 20.7 Å². The second-order valence-electron chi connectivity index (χ2n) is 6.75. The van der Waals surface area contributed by atoms with Crippen LogP contribution in [0, 0.1) is 0 Å². The number of piperazine rings is 1. The van der Waals surface area contributed by atoms with Crippen LogP contribution >= 0.6 is 11.6 Å². The van der Waals surface area contributed by atoms with E-state index in [0.29, 0.717) is 42.5 Å². The number of hydrogen-bond donors (Lipinski definition) is 0. The molecule has 2 aromatic heterocycles. The zero-order chi connectivity index (χ0) is 20.2. The average Bonchev–Trinajstić information content (AvgIpc) is 2.79. The van der Waals surface area contributed by atoms with Gasteiger partial charge in [-0.3, -0.25) is 14.6 Å². The van der Waals surface area contributed by atoms with E-state index in [1.807, 2.05) is 42.5 Å². The molecule has 1 aliphatic rings. The van der Waals surface area contributed by atoms with Crippen LogP contribution in [0.4, 0.5) is 0 Å². The third-order valence-electron chi connectivity index (χ3n) is 4.90. The maximum Gasteiger partial charge on any atom is 0.255 e. The highest BCUT2D eigenvalue weighted by Crippen LogP contribution is 2.19. The van der Waals surface area contributed by atoms with Crippen molar-refractivity contribution < 1.29 is 9.59 Å². The molecule has 1 saturated heterocycles. The minimum Gasteiger partial charge on any atom is -0.335 e. The quantitative estimate of drug-likeness (QED) is 0.625. The Bertz CT molecular complexity index is 1020. The third kappa shape index (κ3) is 4.27. The second kappa shape index (κ2) is 8.41. The number of benzene rings is 1. The SMILES string of the molecule is O=C(c1ccc(Cl)nc1)N1CCN(C(=O)c2cccc(-c3ccccn3)c2)CC1. The lowest BCUT2D eigenvalue weighted by molar-refractivity contribution is 0.0535. The van der Waals surface area contributed by atoms with Crippen LogP contribution < -0.4 is 0 Å². The van der Waals surface area contributed by atoms with E-state index in [1.165, 1.54) is 6.20 Å². The van der Waals surface area contributed by atoms with E-state index in [-0.39, 0.29) is 11.8 Å². The monoisotopic (exact) mass is 406 g/mol. The molecule has 0 saturated carbocycles. The first-order chi connectivity index (χ1) is 14.1. The largest absolute Gasteiger partial charge is 0.335 e. The molecule has 4 rings (SSSR count). The van der Waals surface area contributed by atoms with Crippen molar-refractivity contribution in [2.24, 2.45) is 0 Å². The molecule has 3 aromatic rings. The lowest BCUT2D eigenvalue weighted by Crippen LogP contribution is -2.50. The molecular weight excluding hydrogens is 388 g/mol. The maximum atomic E-state index is 12.9. The second-order valence-corrected chi connectivity index (χ2v) is 7.14. The van der Waals surface area contributed by atoms with Crippen molar-refractivity contribution in [3.05, 3.63) is 83.3 Å². The van der Waals surface area contributed by atoms with Crippen LogP contribution in [0.2, 0.25) is 5.15 Å². The molecule has 146 valence electrons. The van der Waals surface area contributed by atoms with E-state index >= 15 is 0 Å². The Labute approximate surface area is 173 Å². The van der Waals surface area contributed by atoms with Crippen molar-refractivity contribution in [3.63, 3.8) is 0 Å². The molecular formula is C22H19ClN4O2. The Kier molecular flexibility index (Phi) is 5.53. The van der Waals surface area contributed by atoms with Gasteiger partial charge in [0.15, 0.2) is 0 Å². The third-order valence-corrected chi connectivity index (χ3v) is 5.12. The number of hydrogen-bond acceptors (Lipinski definition) is 4. The zero-order valence-electron chi connectivity index (χ0n) is 15.7. The maximum absolute atomic E-state index is 12.9. The summed E-state index contributed by atoms with van der Waals surface area (Å²) in [6.45, 7) is 1.93. The summed E-state index contributed by atoms with van der Waals surface area (Å²) < 4.78 is 0. The van der Waals surface area contributed by atoms with Gasteiger partial charge in [0.1, 0.15) is 5.15 Å². The van der Waals surface area contributed by atoms with Crippen LogP contribution in [-0.2, 0) is 0 Å². The lowest BCUT2D eigenvalue weighted by atomic mass is 10.1. The molecule has 0 bridgehead atoms. The average molecular weight is 407 g/mol. The normalized spacial score (nSPS) is 14.0. The van der Waals surface area contributed by atoms with Crippen LogP contribution in [0.3, 0.4) is 0 Å². The Morgan fingerprint density at radius 2 is 1.52 bits per heavy atom. The zero-order valence-corrected chi connectivity index (χ0v) is 16.4.